The van der Waals surface area contributed by atoms with Gasteiger partial charge in [0.1, 0.15) is 11.6 Å². The highest BCUT2D eigenvalue weighted by molar-refractivity contribution is 6.00. The fourth-order valence-electron chi connectivity index (χ4n) is 4.29. The molecule has 0 radical (unpaired) electrons. The van der Waals surface area contributed by atoms with E-state index >= 15 is 0 Å². The second-order valence-electron chi connectivity index (χ2n) is 8.45. The number of nitrogens with one attached hydrogen (secondary N) is 1. The van der Waals surface area contributed by atoms with Crippen molar-refractivity contribution in [3.8, 4) is 0 Å². The Morgan fingerprint density at radius 1 is 1.00 bits per heavy atom. The average molecular weight is 441 g/mol. The van der Waals surface area contributed by atoms with Crippen LogP contribution in [0, 0.1) is 30.4 Å². The lowest BCUT2D eigenvalue weighted by Gasteiger charge is -2.33. The first kappa shape index (κ1) is 21.9. The van der Waals surface area contributed by atoms with Gasteiger partial charge in [0.2, 0.25) is 17.7 Å². The number of carbonyl (C=O) groups is 3. The predicted molar refractivity (Wildman–Crippen MR) is 116 cm³/mol. The zero-order valence-electron chi connectivity index (χ0n) is 17.8. The second-order valence-corrected chi connectivity index (χ2v) is 8.45. The highest BCUT2D eigenvalue weighted by Gasteiger charge is 2.38. The van der Waals surface area contributed by atoms with Gasteiger partial charge >= 0.3 is 0 Å². The van der Waals surface area contributed by atoms with Crippen LogP contribution in [0.1, 0.15) is 24.8 Å². The van der Waals surface area contributed by atoms with E-state index in [0.29, 0.717) is 32.5 Å². The van der Waals surface area contributed by atoms with E-state index < -0.39 is 17.6 Å². The molecule has 2 heterocycles. The van der Waals surface area contributed by atoms with Crippen molar-refractivity contribution in [1.29, 1.82) is 0 Å². The normalized spacial score (nSPS) is 19.3. The van der Waals surface area contributed by atoms with Gasteiger partial charge in [0, 0.05) is 43.7 Å². The molecule has 0 bridgehead atoms. The molecule has 2 fully saturated rings. The van der Waals surface area contributed by atoms with Crippen LogP contribution in [0.4, 0.5) is 20.2 Å². The lowest BCUT2D eigenvalue weighted by Crippen LogP contribution is -2.44. The lowest BCUT2D eigenvalue weighted by molar-refractivity contribution is -0.138. The number of anilines is 2. The molecule has 3 amide bonds. The van der Waals surface area contributed by atoms with Crippen LogP contribution in [0.3, 0.4) is 0 Å². The van der Waals surface area contributed by atoms with Crippen LogP contribution < -0.4 is 10.2 Å². The molecule has 0 unspecified atom stereocenters. The molecule has 2 aromatic carbocycles. The number of hydrogen-bond donors (Lipinski definition) is 1. The fourth-order valence-corrected chi connectivity index (χ4v) is 4.29. The fraction of sp³-hybridized carbons (Fsp3) is 0.375. The van der Waals surface area contributed by atoms with Gasteiger partial charge in [-0.15, -0.1) is 0 Å². The van der Waals surface area contributed by atoms with E-state index in [9.17, 15) is 23.2 Å². The maximum Gasteiger partial charge on any atom is 0.228 e. The van der Waals surface area contributed by atoms with E-state index in [0.717, 1.165) is 23.4 Å². The van der Waals surface area contributed by atoms with Gasteiger partial charge in [-0.1, -0.05) is 17.7 Å². The van der Waals surface area contributed by atoms with Gasteiger partial charge in [0.15, 0.2) is 0 Å². The molecule has 168 valence electrons. The smallest absolute Gasteiger partial charge is 0.228 e. The molecule has 0 aliphatic carbocycles. The summed E-state index contributed by atoms with van der Waals surface area (Å²) in [5.41, 5.74) is 1.83. The van der Waals surface area contributed by atoms with Crippen molar-refractivity contribution in [1.82, 2.24) is 4.90 Å². The molecule has 6 nitrogen and oxygen atoms in total. The van der Waals surface area contributed by atoms with E-state index in [1.165, 1.54) is 6.07 Å². The van der Waals surface area contributed by atoms with E-state index in [4.69, 9.17) is 0 Å². The Balaban J connectivity index is 1.31. The molecule has 2 aliphatic heterocycles. The van der Waals surface area contributed by atoms with Gasteiger partial charge < -0.3 is 15.1 Å². The number of rotatable bonds is 4. The third-order valence-corrected chi connectivity index (χ3v) is 6.19. The summed E-state index contributed by atoms with van der Waals surface area (Å²) in [5.74, 6) is -2.78. The molecule has 1 atom stereocenters. The Morgan fingerprint density at radius 3 is 2.34 bits per heavy atom. The largest absolute Gasteiger partial charge is 0.342 e. The summed E-state index contributed by atoms with van der Waals surface area (Å²) in [6, 6.07) is 10.6. The van der Waals surface area contributed by atoms with Gasteiger partial charge in [-0.3, -0.25) is 14.4 Å². The SMILES string of the molecule is Cc1ccc(N2C[C@H](C(=O)N3CCC(C(=O)Nc4ccc(F)cc4F)CC3)CC2=O)cc1. The maximum absolute atomic E-state index is 13.8. The summed E-state index contributed by atoms with van der Waals surface area (Å²) in [6.45, 7) is 3.13. The van der Waals surface area contributed by atoms with Crippen molar-refractivity contribution in [2.24, 2.45) is 11.8 Å². The first-order chi connectivity index (χ1) is 15.3. The third kappa shape index (κ3) is 4.64. The molecule has 2 aromatic rings. The quantitative estimate of drug-likeness (QED) is 0.790. The number of piperidine rings is 1. The molecule has 32 heavy (non-hydrogen) atoms. The molecule has 1 N–H and O–H groups in total. The molecule has 8 heteroatoms. The van der Waals surface area contributed by atoms with Crippen LogP contribution in [0.5, 0.6) is 0 Å². The van der Waals surface area contributed by atoms with Gasteiger partial charge in [-0.05, 0) is 44.0 Å². The Bertz CT molecular complexity index is 1030. The van der Waals surface area contributed by atoms with Gasteiger partial charge in [-0.2, -0.15) is 0 Å². The van der Waals surface area contributed by atoms with E-state index in [1.807, 2.05) is 31.2 Å². The van der Waals surface area contributed by atoms with Gasteiger partial charge in [-0.25, -0.2) is 8.78 Å². The van der Waals surface area contributed by atoms with Crippen molar-refractivity contribution in [3.05, 3.63) is 59.7 Å². The zero-order valence-corrected chi connectivity index (χ0v) is 17.8. The Morgan fingerprint density at radius 2 is 1.69 bits per heavy atom. The number of amides is 3. The number of likely N-dealkylation sites (tertiary alicyclic amines) is 1. The Labute approximate surface area is 185 Å². The number of benzene rings is 2. The molecule has 2 saturated heterocycles. The minimum absolute atomic E-state index is 0.0597. The van der Waals surface area contributed by atoms with Gasteiger partial charge in [0.05, 0.1) is 11.6 Å². The molecular formula is C24H25F2N3O3. The minimum atomic E-state index is -0.824. The summed E-state index contributed by atoms with van der Waals surface area (Å²) < 4.78 is 26.8. The summed E-state index contributed by atoms with van der Waals surface area (Å²) in [6.07, 6.45) is 1.07. The molecule has 4 rings (SSSR count). The number of nitrogens with zero attached hydrogens (tertiary/aromatic N) is 2. The van der Waals surface area contributed by atoms with Gasteiger partial charge in [0.25, 0.3) is 0 Å². The summed E-state index contributed by atoms with van der Waals surface area (Å²) in [5, 5.41) is 2.50. The molecule has 0 saturated carbocycles. The number of halogens is 2. The Kier molecular flexibility index (Phi) is 6.21. The summed E-state index contributed by atoms with van der Waals surface area (Å²) in [7, 11) is 0. The van der Waals surface area contributed by atoms with Crippen molar-refractivity contribution >= 4 is 29.1 Å². The van der Waals surface area contributed by atoms with Crippen molar-refractivity contribution in [2.75, 3.05) is 29.9 Å². The van der Waals surface area contributed by atoms with Crippen LogP contribution in [-0.2, 0) is 14.4 Å². The first-order valence-corrected chi connectivity index (χ1v) is 10.7. The summed E-state index contributed by atoms with van der Waals surface area (Å²) in [4.78, 5) is 41.3. The molecule has 2 aliphatic rings. The van der Waals surface area contributed by atoms with Crippen LogP contribution in [0.15, 0.2) is 42.5 Å². The van der Waals surface area contributed by atoms with Crippen LogP contribution in [0.25, 0.3) is 0 Å². The first-order valence-electron chi connectivity index (χ1n) is 10.7. The highest BCUT2D eigenvalue weighted by Crippen LogP contribution is 2.28. The van der Waals surface area contributed by atoms with Crippen molar-refractivity contribution < 1.29 is 23.2 Å². The average Bonchev–Trinajstić information content (AvgIpc) is 3.17. The highest BCUT2D eigenvalue weighted by atomic mass is 19.1. The number of aryl methyl sites for hydroxylation is 1. The predicted octanol–water partition coefficient (Wildman–Crippen LogP) is 3.50. The zero-order chi connectivity index (χ0) is 22.8. The van der Waals surface area contributed by atoms with Crippen LogP contribution in [0.2, 0.25) is 0 Å². The third-order valence-electron chi connectivity index (χ3n) is 6.19. The number of hydrogen-bond acceptors (Lipinski definition) is 3. The van der Waals surface area contributed by atoms with E-state index in [2.05, 4.69) is 5.32 Å². The molecular weight excluding hydrogens is 416 g/mol. The van der Waals surface area contributed by atoms with E-state index in [-0.39, 0.29) is 35.7 Å². The Hall–Kier alpha value is -3.29. The van der Waals surface area contributed by atoms with Crippen LogP contribution >= 0.6 is 0 Å². The summed E-state index contributed by atoms with van der Waals surface area (Å²) >= 11 is 0. The van der Waals surface area contributed by atoms with Crippen LogP contribution in [-0.4, -0.2) is 42.3 Å². The maximum atomic E-state index is 13.8. The topological polar surface area (TPSA) is 69.7 Å². The second kappa shape index (κ2) is 9.06. The number of carbonyl (C=O) groups excluding carboxylic acids is 3. The molecule has 0 aromatic heterocycles. The lowest BCUT2D eigenvalue weighted by atomic mass is 9.94. The van der Waals surface area contributed by atoms with E-state index in [1.54, 1.807) is 9.80 Å². The monoisotopic (exact) mass is 441 g/mol. The van der Waals surface area contributed by atoms with Crippen molar-refractivity contribution in [3.63, 3.8) is 0 Å². The molecule has 0 spiro atoms. The van der Waals surface area contributed by atoms with Crippen molar-refractivity contribution in [2.45, 2.75) is 26.2 Å². The minimum Gasteiger partial charge on any atom is -0.342 e. The standard InChI is InChI=1S/C24H25F2N3O3/c1-15-2-5-19(6-3-15)29-14-17(12-22(29)30)24(32)28-10-8-16(9-11-28)23(31)27-21-7-4-18(25)13-20(21)26/h2-7,13,16-17H,8-12,14H2,1H3,(H,27,31)/t17-/m1/s1.